The number of pyridine rings is 1. The van der Waals surface area contributed by atoms with Gasteiger partial charge >= 0.3 is 0 Å². The van der Waals surface area contributed by atoms with Gasteiger partial charge < -0.3 is 20.3 Å². The molecule has 1 aromatic heterocycles. The van der Waals surface area contributed by atoms with Crippen molar-refractivity contribution in [3.63, 3.8) is 0 Å². The molecule has 0 saturated carbocycles. The lowest BCUT2D eigenvalue weighted by molar-refractivity contribution is -0.142. The van der Waals surface area contributed by atoms with E-state index in [1.807, 2.05) is 24.3 Å². The number of aliphatic hydroxyl groups excluding tert-OH is 1. The number of aromatic nitrogens is 1. The molecule has 2 unspecified atom stereocenters. The maximum absolute atomic E-state index is 12.4. The van der Waals surface area contributed by atoms with E-state index in [0.29, 0.717) is 18.8 Å². The van der Waals surface area contributed by atoms with E-state index in [1.165, 1.54) is 6.92 Å². The molecular weight excluding hydrogens is 531 g/mol. The van der Waals surface area contributed by atoms with Crippen LogP contribution in [0.4, 0.5) is 5.69 Å². The number of aryl methyl sites for hydroxylation is 1. The number of hydrazine groups is 1. The van der Waals surface area contributed by atoms with E-state index in [1.54, 1.807) is 36.7 Å². The first-order chi connectivity index (χ1) is 17.3. The van der Waals surface area contributed by atoms with Crippen molar-refractivity contribution < 1.29 is 24.5 Å². The van der Waals surface area contributed by atoms with E-state index in [4.69, 9.17) is 4.74 Å². The highest BCUT2D eigenvalue weighted by atomic mass is 35.5. The molecule has 2 aliphatic rings. The van der Waals surface area contributed by atoms with Crippen LogP contribution >= 0.6 is 24.8 Å². The lowest BCUT2D eigenvalue weighted by atomic mass is 9.96. The smallest absolute Gasteiger partial charge is 0.287 e. The number of fused-ring (bicyclic) bond motifs is 1. The highest BCUT2D eigenvalue weighted by Gasteiger charge is 2.50. The van der Waals surface area contributed by atoms with Crippen LogP contribution in [-0.2, 0) is 16.0 Å². The van der Waals surface area contributed by atoms with E-state index in [9.17, 15) is 19.8 Å². The summed E-state index contributed by atoms with van der Waals surface area (Å²) in [6.07, 6.45) is 4.42. The molecule has 3 aromatic rings. The number of ether oxygens (including phenoxy) is 1. The maximum Gasteiger partial charge on any atom is 0.287 e. The molecule has 0 aliphatic carbocycles. The van der Waals surface area contributed by atoms with Gasteiger partial charge in [-0.1, -0.05) is 24.3 Å². The van der Waals surface area contributed by atoms with Gasteiger partial charge in [0, 0.05) is 31.0 Å². The number of nitrogens with one attached hydrogen (secondary N) is 2. The number of rotatable bonds is 7. The third-order valence-electron chi connectivity index (χ3n) is 6.58. The number of aliphatic hydroxyl groups is 2. The molecule has 9 nitrogen and oxygen atoms in total. The second-order valence-corrected chi connectivity index (χ2v) is 9.27. The minimum Gasteiger partial charge on any atom is -0.489 e. The first-order valence-corrected chi connectivity index (χ1v) is 11.9. The number of carbonyl (C=O) groups excluding carboxylic acids is 2. The summed E-state index contributed by atoms with van der Waals surface area (Å²) < 4.78 is 6.18. The van der Waals surface area contributed by atoms with Crippen LogP contribution < -0.4 is 20.5 Å². The largest absolute Gasteiger partial charge is 0.489 e. The van der Waals surface area contributed by atoms with Gasteiger partial charge in [0.25, 0.3) is 11.8 Å². The van der Waals surface area contributed by atoms with E-state index in [0.717, 1.165) is 45.9 Å². The topological polar surface area (TPSA) is 124 Å². The number of anilines is 1. The van der Waals surface area contributed by atoms with Crippen molar-refractivity contribution in [2.45, 2.75) is 37.6 Å². The highest BCUT2D eigenvalue weighted by molar-refractivity contribution is 6.20. The molecule has 5 rings (SSSR count). The van der Waals surface area contributed by atoms with Gasteiger partial charge in [0.1, 0.15) is 11.9 Å². The molecular formula is C27H30Cl2N4O5. The van der Waals surface area contributed by atoms with Gasteiger partial charge in [-0.25, -0.2) is 5.01 Å². The maximum atomic E-state index is 12.4. The van der Waals surface area contributed by atoms with Crippen molar-refractivity contribution in [2.24, 2.45) is 0 Å². The molecule has 2 aliphatic heterocycles. The molecule has 202 valence electrons. The number of halogens is 2. The van der Waals surface area contributed by atoms with Crippen LogP contribution in [0.2, 0.25) is 0 Å². The Hall–Kier alpha value is -3.21. The quantitative estimate of drug-likeness (QED) is 0.327. The van der Waals surface area contributed by atoms with Crippen LogP contribution in [0.5, 0.6) is 5.75 Å². The molecule has 2 amide bonds. The Labute approximate surface area is 233 Å². The number of benzene rings is 2. The molecule has 0 bridgehead atoms. The molecule has 1 saturated heterocycles. The Balaban J connectivity index is 0.00000200. The number of carbonyl (C=O) groups is 2. The zero-order chi connectivity index (χ0) is 25.3. The van der Waals surface area contributed by atoms with Gasteiger partial charge in [0.15, 0.2) is 0 Å². The highest BCUT2D eigenvalue weighted by Crippen LogP contribution is 2.34. The fourth-order valence-corrected chi connectivity index (χ4v) is 4.42. The van der Waals surface area contributed by atoms with Crippen molar-refractivity contribution in [3.05, 3.63) is 78.1 Å². The van der Waals surface area contributed by atoms with Crippen molar-refractivity contribution >= 4 is 42.3 Å². The van der Waals surface area contributed by atoms with Crippen molar-refractivity contribution in [3.8, 4) is 16.9 Å². The normalized spacial score (nSPS) is 20.9. The summed E-state index contributed by atoms with van der Waals surface area (Å²) in [4.78, 5) is 28.4. The number of hydrogen-bond donors (Lipinski definition) is 4. The lowest BCUT2D eigenvalue weighted by Crippen LogP contribution is -2.40. The lowest BCUT2D eigenvalue weighted by Gasteiger charge is -2.27. The molecule has 11 heteroatoms. The third-order valence-corrected chi connectivity index (χ3v) is 6.58. The molecule has 1 fully saturated rings. The number of nitrogens with zero attached hydrogens (tertiary/aromatic N) is 2. The Kier molecular flexibility index (Phi) is 9.35. The number of amides is 2. The monoisotopic (exact) mass is 560 g/mol. The summed E-state index contributed by atoms with van der Waals surface area (Å²) >= 11 is 0. The predicted octanol–water partition coefficient (Wildman–Crippen LogP) is 2.74. The van der Waals surface area contributed by atoms with Crippen molar-refractivity contribution in [2.75, 3.05) is 18.1 Å². The number of hydrogen-bond acceptors (Lipinski definition) is 7. The van der Waals surface area contributed by atoms with Gasteiger partial charge in [-0.15, -0.1) is 24.8 Å². The molecule has 3 atom stereocenters. The Bertz CT molecular complexity index is 1290. The summed E-state index contributed by atoms with van der Waals surface area (Å²) in [5, 5.41) is 24.8. The van der Waals surface area contributed by atoms with E-state index in [-0.39, 0.29) is 30.9 Å². The zero-order valence-corrected chi connectivity index (χ0v) is 22.3. The minimum atomic E-state index is -2.08. The Morgan fingerprint density at radius 1 is 1.16 bits per heavy atom. The predicted molar refractivity (Wildman–Crippen MR) is 147 cm³/mol. The first kappa shape index (κ1) is 29.3. The van der Waals surface area contributed by atoms with Gasteiger partial charge in [-0.3, -0.25) is 20.0 Å². The second kappa shape index (κ2) is 12.1. The average Bonchev–Trinajstić information content (AvgIpc) is 3.11. The van der Waals surface area contributed by atoms with E-state index in [2.05, 4.69) is 21.8 Å². The van der Waals surface area contributed by atoms with E-state index < -0.39 is 23.5 Å². The summed E-state index contributed by atoms with van der Waals surface area (Å²) in [5.74, 6) is -0.630. The first-order valence-electron chi connectivity index (χ1n) is 11.9. The van der Waals surface area contributed by atoms with Crippen LogP contribution in [0.3, 0.4) is 0 Å². The van der Waals surface area contributed by atoms with Crippen molar-refractivity contribution in [1.82, 2.24) is 15.7 Å². The average molecular weight is 561 g/mol. The van der Waals surface area contributed by atoms with Crippen LogP contribution in [0, 0.1) is 0 Å². The molecule has 38 heavy (non-hydrogen) atoms. The molecule has 4 N–H and O–H groups in total. The van der Waals surface area contributed by atoms with Gasteiger partial charge in [0.2, 0.25) is 5.60 Å². The molecule has 2 aromatic carbocycles. The Morgan fingerprint density at radius 3 is 2.66 bits per heavy atom. The van der Waals surface area contributed by atoms with Gasteiger partial charge in [0.05, 0.1) is 11.8 Å². The summed E-state index contributed by atoms with van der Waals surface area (Å²) in [6.45, 7) is 2.23. The van der Waals surface area contributed by atoms with E-state index >= 15 is 0 Å². The standard InChI is InChI=1S/C27H28N4O5.2ClH/c1-27(35)25(33)30-31(26(27)34)21-6-2-4-17(13-21)18-8-10-24-19(12-18)7-9-22(36-24)15-29-16-23(32)20-5-3-11-28-14-20;;/h2-6,8,10-14,22-23,29,32,35H,7,9,15-16H2,1H3,(H,30,33);2*1H/t22?,23-,27?;;/m0../s1. The molecule has 0 spiro atoms. The Morgan fingerprint density at radius 2 is 1.95 bits per heavy atom. The van der Waals surface area contributed by atoms with Crippen LogP contribution in [0.15, 0.2) is 67.0 Å². The fraction of sp³-hybridized carbons (Fsp3) is 0.296. The SMILES string of the molecule is CC1(O)C(=O)NN(c2cccc(-c3ccc4c(c3)CCC(CNC[C@H](O)c3cccnc3)O4)c2)C1=O.Cl.Cl. The minimum absolute atomic E-state index is 0. The van der Waals surface area contributed by atoms with Crippen LogP contribution in [0.25, 0.3) is 11.1 Å². The fourth-order valence-electron chi connectivity index (χ4n) is 4.42. The summed E-state index contributed by atoms with van der Waals surface area (Å²) in [6, 6.07) is 16.9. The van der Waals surface area contributed by atoms with Crippen LogP contribution in [0.1, 0.15) is 30.6 Å². The van der Waals surface area contributed by atoms with Gasteiger partial charge in [-0.2, -0.15) is 0 Å². The second-order valence-electron chi connectivity index (χ2n) is 9.27. The van der Waals surface area contributed by atoms with Crippen molar-refractivity contribution in [1.29, 1.82) is 0 Å². The summed E-state index contributed by atoms with van der Waals surface area (Å²) in [5.41, 5.74) is 4.52. The zero-order valence-electron chi connectivity index (χ0n) is 20.7. The van der Waals surface area contributed by atoms with Crippen LogP contribution in [-0.4, -0.2) is 51.8 Å². The molecule has 3 heterocycles. The van der Waals surface area contributed by atoms with Gasteiger partial charge in [-0.05, 0) is 66.8 Å². The third kappa shape index (κ3) is 5.92. The molecule has 0 radical (unpaired) electrons. The summed E-state index contributed by atoms with van der Waals surface area (Å²) in [7, 11) is 0.